The van der Waals surface area contributed by atoms with Gasteiger partial charge >= 0.3 is 17.9 Å². The van der Waals surface area contributed by atoms with Crippen molar-refractivity contribution in [2.45, 2.75) is 264 Å². The van der Waals surface area contributed by atoms with Crippen molar-refractivity contribution in [2.24, 2.45) is 0 Å². The summed E-state index contributed by atoms with van der Waals surface area (Å²) in [5.41, 5.74) is 0. The number of hydrogen-bond acceptors (Lipinski definition) is 6. The molecule has 0 spiro atoms. The molecule has 6 heteroatoms. The Balaban J connectivity index is 4.42. The summed E-state index contributed by atoms with van der Waals surface area (Å²) in [6, 6.07) is 0. The molecular formula is C58H100O6. The average molecular weight is 893 g/mol. The zero-order chi connectivity index (χ0) is 46.5. The molecule has 0 aliphatic rings. The van der Waals surface area contributed by atoms with Crippen LogP contribution in [0.2, 0.25) is 0 Å². The molecule has 0 fully saturated rings. The number of ether oxygens (including phenoxy) is 3. The summed E-state index contributed by atoms with van der Waals surface area (Å²) >= 11 is 0. The van der Waals surface area contributed by atoms with Gasteiger partial charge in [-0.2, -0.15) is 0 Å². The van der Waals surface area contributed by atoms with E-state index in [9.17, 15) is 14.4 Å². The van der Waals surface area contributed by atoms with Gasteiger partial charge in [0.2, 0.25) is 0 Å². The highest BCUT2D eigenvalue weighted by atomic mass is 16.6. The zero-order valence-electron chi connectivity index (χ0n) is 42.0. The second-order valence-corrected chi connectivity index (χ2v) is 17.7. The van der Waals surface area contributed by atoms with Gasteiger partial charge in [0.05, 0.1) is 0 Å². The lowest BCUT2D eigenvalue weighted by Gasteiger charge is -2.18. The van der Waals surface area contributed by atoms with Gasteiger partial charge in [-0.05, 0) is 103 Å². The number of hydrogen-bond donors (Lipinski definition) is 0. The molecule has 0 heterocycles. The van der Waals surface area contributed by atoms with E-state index in [1.807, 2.05) is 0 Å². The fourth-order valence-electron chi connectivity index (χ4n) is 7.43. The van der Waals surface area contributed by atoms with Crippen molar-refractivity contribution in [3.63, 3.8) is 0 Å². The van der Waals surface area contributed by atoms with E-state index >= 15 is 0 Å². The summed E-state index contributed by atoms with van der Waals surface area (Å²) in [6.45, 7) is 6.40. The highest BCUT2D eigenvalue weighted by Gasteiger charge is 2.19. The van der Waals surface area contributed by atoms with Crippen LogP contribution in [-0.4, -0.2) is 37.2 Å². The summed E-state index contributed by atoms with van der Waals surface area (Å²) in [6.07, 6.45) is 66.0. The van der Waals surface area contributed by atoms with Crippen LogP contribution in [0, 0.1) is 0 Å². The average Bonchev–Trinajstić information content (AvgIpc) is 3.29. The van der Waals surface area contributed by atoms with E-state index in [0.29, 0.717) is 19.3 Å². The second kappa shape index (κ2) is 52.5. The second-order valence-electron chi connectivity index (χ2n) is 17.7. The van der Waals surface area contributed by atoms with Crippen LogP contribution in [-0.2, 0) is 28.6 Å². The molecule has 1 unspecified atom stereocenters. The maximum Gasteiger partial charge on any atom is 0.306 e. The molecule has 0 aliphatic heterocycles. The molecule has 0 aromatic carbocycles. The number of carbonyl (C=O) groups excluding carboxylic acids is 3. The first kappa shape index (κ1) is 60.9. The van der Waals surface area contributed by atoms with Crippen molar-refractivity contribution in [3.8, 4) is 0 Å². The van der Waals surface area contributed by atoms with E-state index in [1.165, 1.54) is 103 Å². The number of carbonyl (C=O) groups is 3. The van der Waals surface area contributed by atoms with Crippen molar-refractivity contribution in [2.75, 3.05) is 13.2 Å². The summed E-state index contributed by atoms with van der Waals surface area (Å²) in [7, 11) is 0. The van der Waals surface area contributed by atoms with Crippen molar-refractivity contribution in [1.82, 2.24) is 0 Å². The Labute approximate surface area is 395 Å². The standard InChI is InChI=1S/C58H100O6/c1-4-7-10-13-16-19-22-25-28-30-33-36-39-42-45-48-51-57(60)63-54-55(53-62-56(59)50-47-44-41-38-35-32-27-24-21-18-15-12-9-6-3)64-58(61)52-49-46-43-40-37-34-31-29-26-23-20-17-14-11-8-5-2/h7,9-10,12,16,18-19,21,25,28-29,31,55H,4-6,8,11,13-15,17,20,22-24,26-27,30,32-54H2,1-3H3/b10-7-,12-9-,19-16-,21-18-,28-25-,31-29-. The molecule has 0 aromatic rings. The first-order valence-electron chi connectivity index (χ1n) is 26.9. The van der Waals surface area contributed by atoms with Crippen LogP contribution in [0.15, 0.2) is 72.9 Å². The van der Waals surface area contributed by atoms with Gasteiger partial charge in [0.1, 0.15) is 13.2 Å². The Morgan fingerprint density at radius 2 is 0.609 bits per heavy atom. The van der Waals surface area contributed by atoms with Gasteiger partial charge in [0.25, 0.3) is 0 Å². The highest BCUT2D eigenvalue weighted by molar-refractivity contribution is 5.71. The first-order chi connectivity index (χ1) is 31.5. The van der Waals surface area contributed by atoms with E-state index in [2.05, 4.69) is 93.7 Å². The van der Waals surface area contributed by atoms with Gasteiger partial charge in [-0.25, -0.2) is 0 Å². The molecule has 64 heavy (non-hydrogen) atoms. The molecular weight excluding hydrogens is 793 g/mol. The Morgan fingerprint density at radius 1 is 0.328 bits per heavy atom. The predicted molar refractivity (Wildman–Crippen MR) is 274 cm³/mol. The van der Waals surface area contributed by atoms with Crippen LogP contribution >= 0.6 is 0 Å². The normalized spacial score (nSPS) is 12.6. The van der Waals surface area contributed by atoms with Crippen LogP contribution in [0.25, 0.3) is 0 Å². The third kappa shape index (κ3) is 49.9. The van der Waals surface area contributed by atoms with Crippen LogP contribution in [0.1, 0.15) is 258 Å². The molecule has 0 saturated carbocycles. The lowest BCUT2D eigenvalue weighted by atomic mass is 10.1. The third-order valence-electron chi connectivity index (χ3n) is 11.4. The summed E-state index contributed by atoms with van der Waals surface area (Å²) < 4.78 is 16.8. The van der Waals surface area contributed by atoms with Crippen LogP contribution in [0.4, 0.5) is 0 Å². The summed E-state index contributed by atoms with van der Waals surface area (Å²) in [4.78, 5) is 38.1. The fourth-order valence-corrected chi connectivity index (χ4v) is 7.43. The third-order valence-corrected chi connectivity index (χ3v) is 11.4. The largest absolute Gasteiger partial charge is 0.462 e. The van der Waals surface area contributed by atoms with Gasteiger partial charge in [0.15, 0.2) is 6.10 Å². The minimum Gasteiger partial charge on any atom is -0.462 e. The maximum atomic E-state index is 12.8. The van der Waals surface area contributed by atoms with Crippen LogP contribution < -0.4 is 0 Å². The number of unbranched alkanes of at least 4 members (excludes halogenated alkanes) is 25. The van der Waals surface area contributed by atoms with Crippen molar-refractivity contribution in [3.05, 3.63) is 72.9 Å². The molecule has 0 rings (SSSR count). The molecule has 0 bridgehead atoms. The number of allylic oxidation sites excluding steroid dienone is 12. The van der Waals surface area contributed by atoms with Crippen molar-refractivity contribution >= 4 is 17.9 Å². The lowest BCUT2D eigenvalue weighted by Crippen LogP contribution is -2.30. The van der Waals surface area contributed by atoms with Crippen LogP contribution in [0.5, 0.6) is 0 Å². The Hall–Kier alpha value is -3.15. The van der Waals surface area contributed by atoms with Crippen LogP contribution in [0.3, 0.4) is 0 Å². The van der Waals surface area contributed by atoms with Gasteiger partial charge in [0, 0.05) is 19.3 Å². The smallest absolute Gasteiger partial charge is 0.306 e. The van der Waals surface area contributed by atoms with E-state index < -0.39 is 6.10 Å². The number of rotatable bonds is 48. The first-order valence-corrected chi connectivity index (χ1v) is 26.9. The molecule has 0 radical (unpaired) electrons. The topological polar surface area (TPSA) is 78.9 Å². The molecule has 0 saturated heterocycles. The minimum atomic E-state index is -0.788. The zero-order valence-corrected chi connectivity index (χ0v) is 42.0. The molecule has 6 nitrogen and oxygen atoms in total. The molecule has 0 aromatic heterocycles. The van der Waals surface area contributed by atoms with Gasteiger partial charge in [-0.15, -0.1) is 0 Å². The maximum absolute atomic E-state index is 12.8. The number of esters is 3. The predicted octanol–water partition coefficient (Wildman–Crippen LogP) is 17.8. The highest BCUT2D eigenvalue weighted by Crippen LogP contribution is 2.14. The monoisotopic (exact) mass is 893 g/mol. The Morgan fingerprint density at radius 3 is 0.969 bits per heavy atom. The lowest BCUT2D eigenvalue weighted by molar-refractivity contribution is -0.167. The molecule has 1 atom stereocenters. The van der Waals surface area contributed by atoms with Gasteiger partial charge in [-0.1, -0.05) is 209 Å². The Kier molecular flexibility index (Phi) is 49.9. The van der Waals surface area contributed by atoms with Crippen molar-refractivity contribution < 1.29 is 28.6 Å². The van der Waals surface area contributed by atoms with Gasteiger partial charge in [-0.3, -0.25) is 14.4 Å². The SMILES string of the molecule is CC/C=C\C/C=C\C/C=C\CCCCCCCCC(=O)OCC(COC(=O)CCCCCCCCC/C=C\C/C=C\CC)OC(=O)CCCCCCC/C=C\CCCCCCCCC. The quantitative estimate of drug-likeness (QED) is 0.0262. The van der Waals surface area contributed by atoms with Gasteiger partial charge < -0.3 is 14.2 Å². The minimum absolute atomic E-state index is 0.0871. The van der Waals surface area contributed by atoms with E-state index in [0.717, 1.165) is 116 Å². The molecule has 0 aliphatic carbocycles. The molecule has 0 amide bonds. The van der Waals surface area contributed by atoms with E-state index in [4.69, 9.17) is 14.2 Å². The molecule has 0 N–H and O–H groups in total. The summed E-state index contributed by atoms with van der Waals surface area (Å²) in [5, 5.41) is 0. The molecule has 368 valence electrons. The Bertz CT molecular complexity index is 1210. The van der Waals surface area contributed by atoms with E-state index in [-0.39, 0.29) is 31.1 Å². The van der Waals surface area contributed by atoms with E-state index in [1.54, 1.807) is 0 Å². The summed E-state index contributed by atoms with van der Waals surface area (Å²) in [5.74, 6) is -0.912. The fraction of sp³-hybridized carbons (Fsp3) is 0.741. The van der Waals surface area contributed by atoms with Crippen molar-refractivity contribution in [1.29, 1.82) is 0 Å².